The molecule has 0 saturated carbocycles. The monoisotopic (exact) mass is 216 g/mol. The molecule has 2 nitrogen and oxygen atoms in total. The highest BCUT2D eigenvalue weighted by atomic mass is 16.7. The lowest BCUT2D eigenvalue weighted by molar-refractivity contribution is -0.234. The summed E-state index contributed by atoms with van der Waals surface area (Å²) in [7, 11) is 0. The molecule has 0 spiro atoms. The van der Waals surface area contributed by atoms with Gasteiger partial charge in [-0.15, -0.1) is 0 Å². The van der Waals surface area contributed by atoms with Crippen LogP contribution in [0.1, 0.15) is 55.4 Å². The molecule has 0 radical (unpaired) electrons. The highest BCUT2D eigenvalue weighted by Crippen LogP contribution is 2.22. The molecule has 0 unspecified atom stereocenters. The Labute approximate surface area is 95.3 Å². The van der Waals surface area contributed by atoms with Crippen LogP contribution in [-0.2, 0) is 9.47 Å². The van der Waals surface area contributed by atoms with E-state index in [1.807, 2.05) is 13.8 Å². The molecule has 0 saturated heterocycles. The van der Waals surface area contributed by atoms with Crippen molar-refractivity contribution >= 4 is 0 Å². The summed E-state index contributed by atoms with van der Waals surface area (Å²) in [6, 6.07) is 0. The molecule has 15 heavy (non-hydrogen) atoms. The topological polar surface area (TPSA) is 18.5 Å². The van der Waals surface area contributed by atoms with Crippen LogP contribution in [0.25, 0.3) is 0 Å². The molecule has 0 atom stereocenters. The summed E-state index contributed by atoms with van der Waals surface area (Å²) >= 11 is 0. The fourth-order valence-corrected chi connectivity index (χ4v) is 0.822. The summed E-state index contributed by atoms with van der Waals surface area (Å²) in [4.78, 5) is 0. The molecule has 92 valence electrons. The largest absolute Gasteiger partial charge is 0.350 e. The predicted octanol–water partition coefficient (Wildman–Crippen LogP) is 3.85. The minimum absolute atomic E-state index is 0.183. The first kappa shape index (κ1) is 14.9. The van der Waals surface area contributed by atoms with Crippen molar-refractivity contribution in [3.05, 3.63) is 0 Å². The molecule has 0 rings (SSSR count). The van der Waals surface area contributed by atoms with Gasteiger partial charge in [-0.1, -0.05) is 41.5 Å². The van der Waals surface area contributed by atoms with Gasteiger partial charge in [0.05, 0.1) is 13.2 Å². The van der Waals surface area contributed by atoms with Crippen LogP contribution in [0.5, 0.6) is 0 Å². The van der Waals surface area contributed by atoms with Gasteiger partial charge in [-0.2, -0.15) is 0 Å². The number of ether oxygens (including phenoxy) is 2. The Hall–Kier alpha value is -0.0800. The molecule has 0 aliphatic rings. The van der Waals surface area contributed by atoms with Crippen LogP contribution < -0.4 is 0 Å². The van der Waals surface area contributed by atoms with Crippen LogP contribution in [0.15, 0.2) is 0 Å². The van der Waals surface area contributed by atoms with E-state index in [9.17, 15) is 0 Å². The number of hydrogen-bond donors (Lipinski definition) is 0. The van der Waals surface area contributed by atoms with E-state index in [0.717, 1.165) is 0 Å². The molecule has 0 fully saturated rings. The van der Waals surface area contributed by atoms with E-state index >= 15 is 0 Å². The van der Waals surface area contributed by atoms with Crippen molar-refractivity contribution in [3.8, 4) is 0 Å². The lowest BCUT2D eigenvalue weighted by Gasteiger charge is -2.32. The molecule has 0 aliphatic heterocycles. The van der Waals surface area contributed by atoms with Crippen LogP contribution in [0.4, 0.5) is 0 Å². The zero-order chi connectivity index (χ0) is 12.3. The summed E-state index contributed by atoms with van der Waals surface area (Å²) in [5.41, 5.74) is 0.366. The van der Waals surface area contributed by atoms with E-state index in [-0.39, 0.29) is 10.8 Å². The average Bonchev–Trinajstić information content (AvgIpc) is 1.96. The molecular weight excluding hydrogens is 188 g/mol. The lowest BCUT2D eigenvalue weighted by atomic mass is 9.98. The second-order valence-corrected chi connectivity index (χ2v) is 7.10. The summed E-state index contributed by atoms with van der Waals surface area (Å²) < 4.78 is 11.5. The third-order valence-electron chi connectivity index (χ3n) is 1.71. The Morgan fingerprint density at radius 3 is 1.07 bits per heavy atom. The summed E-state index contributed by atoms with van der Waals surface area (Å²) in [6.45, 7) is 18.3. The second-order valence-electron chi connectivity index (χ2n) is 7.10. The zero-order valence-electron chi connectivity index (χ0n) is 11.7. The lowest BCUT2D eigenvalue weighted by Crippen LogP contribution is -2.35. The summed E-state index contributed by atoms with van der Waals surface area (Å²) in [5, 5.41) is 0. The highest BCUT2D eigenvalue weighted by Gasteiger charge is 2.24. The van der Waals surface area contributed by atoms with Gasteiger partial charge in [0.25, 0.3) is 0 Å². The van der Waals surface area contributed by atoms with Crippen LogP contribution in [0.2, 0.25) is 0 Å². The van der Waals surface area contributed by atoms with Gasteiger partial charge in [-0.05, 0) is 24.7 Å². The van der Waals surface area contributed by atoms with E-state index in [2.05, 4.69) is 41.5 Å². The number of rotatable bonds is 4. The normalized spacial score (nSPS) is 14.4. The first-order valence-electron chi connectivity index (χ1n) is 5.69. The van der Waals surface area contributed by atoms with E-state index in [4.69, 9.17) is 9.47 Å². The molecule has 0 N–H and O–H groups in total. The maximum absolute atomic E-state index is 5.77. The molecular formula is C13H28O2. The average molecular weight is 216 g/mol. The van der Waals surface area contributed by atoms with Crippen molar-refractivity contribution in [2.45, 2.75) is 61.2 Å². The Balaban J connectivity index is 3.98. The number of hydrogen-bond acceptors (Lipinski definition) is 2. The fraction of sp³-hybridized carbons (Fsp3) is 1.00. The third-order valence-corrected chi connectivity index (χ3v) is 1.71. The van der Waals surface area contributed by atoms with Gasteiger partial charge in [0.1, 0.15) is 0 Å². The summed E-state index contributed by atoms with van der Waals surface area (Å²) in [5.74, 6) is -0.486. The molecule has 0 bridgehead atoms. The van der Waals surface area contributed by atoms with Crippen molar-refractivity contribution in [2.75, 3.05) is 13.2 Å². The van der Waals surface area contributed by atoms with Gasteiger partial charge < -0.3 is 9.47 Å². The highest BCUT2D eigenvalue weighted by molar-refractivity contribution is 4.65. The first-order chi connectivity index (χ1) is 6.41. The minimum Gasteiger partial charge on any atom is -0.350 e. The second kappa shape index (κ2) is 4.84. The van der Waals surface area contributed by atoms with Crippen LogP contribution in [-0.4, -0.2) is 19.0 Å². The van der Waals surface area contributed by atoms with Crippen LogP contribution >= 0.6 is 0 Å². The van der Waals surface area contributed by atoms with Gasteiger partial charge in [0.15, 0.2) is 5.79 Å². The molecule has 0 aromatic rings. The van der Waals surface area contributed by atoms with Crippen molar-refractivity contribution in [3.63, 3.8) is 0 Å². The van der Waals surface area contributed by atoms with Crippen LogP contribution in [0, 0.1) is 10.8 Å². The molecule has 0 aromatic heterocycles. The van der Waals surface area contributed by atoms with Crippen molar-refractivity contribution in [2.24, 2.45) is 10.8 Å². The zero-order valence-corrected chi connectivity index (χ0v) is 11.7. The van der Waals surface area contributed by atoms with Crippen molar-refractivity contribution in [1.29, 1.82) is 0 Å². The molecule has 2 heteroatoms. The van der Waals surface area contributed by atoms with E-state index in [1.54, 1.807) is 0 Å². The van der Waals surface area contributed by atoms with Crippen molar-refractivity contribution < 1.29 is 9.47 Å². The molecule has 0 heterocycles. The first-order valence-corrected chi connectivity index (χ1v) is 5.69. The van der Waals surface area contributed by atoms with Gasteiger partial charge in [0, 0.05) is 0 Å². The van der Waals surface area contributed by atoms with Crippen molar-refractivity contribution in [1.82, 2.24) is 0 Å². The third kappa shape index (κ3) is 10.2. The van der Waals surface area contributed by atoms with E-state index in [1.165, 1.54) is 0 Å². The summed E-state index contributed by atoms with van der Waals surface area (Å²) in [6.07, 6.45) is 0. The Morgan fingerprint density at radius 1 is 0.600 bits per heavy atom. The molecule has 0 amide bonds. The quantitative estimate of drug-likeness (QED) is 0.665. The molecule has 0 aliphatic carbocycles. The fourth-order valence-electron chi connectivity index (χ4n) is 0.822. The van der Waals surface area contributed by atoms with E-state index in [0.29, 0.717) is 13.2 Å². The van der Waals surface area contributed by atoms with Gasteiger partial charge in [-0.3, -0.25) is 0 Å². The smallest absolute Gasteiger partial charge is 0.162 e. The van der Waals surface area contributed by atoms with Gasteiger partial charge >= 0.3 is 0 Å². The molecule has 0 aromatic carbocycles. The standard InChI is InChI=1S/C13H28O2/c1-11(2,3)9-14-13(7,8)15-10-12(4,5)6/h9-10H2,1-8H3. The van der Waals surface area contributed by atoms with Crippen LogP contribution in [0.3, 0.4) is 0 Å². The minimum atomic E-state index is -0.486. The maximum Gasteiger partial charge on any atom is 0.162 e. The SMILES string of the molecule is CC(C)(C)COC(C)(C)OCC(C)(C)C. The Morgan fingerprint density at radius 2 is 0.867 bits per heavy atom. The van der Waals surface area contributed by atoms with Gasteiger partial charge in [0.2, 0.25) is 0 Å². The van der Waals surface area contributed by atoms with E-state index < -0.39 is 5.79 Å². The predicted molar refractivity (Wildman–Crippen MR) is 64.9 cm³/mol. The Kier molecular flexibility index (Phi) is 4.81. The Bertz CT molecular complexity index is 162. The maximum atomic E-state index is 5.77. The van der Waals surface area contributed by atoms with Gasteiger partial charge in [-0.25, -0.2) is 0 Å².